The van der Waals surface area contributed by atoms with Crippen molar-refractivity contribution in [3.8, 4) is 0 Å². The van der Waals surface area contributed by atoms with Crippen molar-refractivity contribution >= 4 is 5.91 Å². The number of aromatic nitrogens is 1. The number of aryl methyl sites for hydroxylation is 2. The molecule has 5 heteroatoms. The van der Waals surface area contributed by atoms with Crippen LogP contribution in [-0.2, 0) is 11.2 Å². The molecule has 2 heterocycles. The third-order valence-corrected chi connectivity index (χ3v) is 4.20. The number of amides is 1. The highest BCUT2D eigenvalue weighted by molar-refractivity contribution is 5.96. The molecule has 1 aliphatic heterocycles. The van der Waals surface area contributed by atoms with Crippen molar-refractivity contribution in [2.24, 2.45) is 0 Å². The van der Waals surface area contributed by atoms with E-state index in [-0.39, 0.29) is 18.1 Å². The zero-order valence-electron chi connectivity index (χ0n) is 13.8. The van der Waals surface area contributed by atoms with Gasteiger partial charge in [0.2, 0.25) is 0 Å². The van der Waals surface area contributed by atoms with Crippen molar-refractivity contribution in [2.75, 3.05) is 13.1 Å². The molecular weight excluding hydrogens is 292 g/mol. The van der Waals surface area contributed by atoms with Gasteiger partial charge in [-0.05, 0) is 25.8 Å². The minimum atomic E-state index is -0.103. The first kappa shape index (κ1) is 15.7. The molecule has 1 saturated heterocycles. The second-order valence-electron chi connectivity index (χ2n) is 5.97. The first-order chi connectivity index (χ1) is 11.1. The van der Waals surface area contributed by atoms with Crippen molar-refractivity contribution in [3.05, 3.63) is 52.9 Å². The molecule has 0 spiro atoms. The first-order valence-electron chi connectivity index (χ1n) is 8.05. The Hall–Kier alpha value is -2.14. The molecule has 1 fully saturated rings. The van der Waals surface area contributed by atoms with Crippen LogP contribution < -0.4 is 0 Å². The Balaban J connectivity index is 1.84. The van der Waals surface area contributed by atoms with Gasteiger partial charge in [0.1, 0.15) is 17.4 Å². The fourth-order valence-corrected chi connectivity index (χ4v) is 3.06. The fraction of sp³-hybridized carbons (Fsp3) is 0.444. The maximum absolute atomic E-state index is 13.0. The summed E-state index contributed by atoms with van der Waals surface area (Å²) in [5.41, 5.74) is 2.42. The number of nitrogens with zero attached hydrogens (tertiary/aromatic N) is 2. The van der Waals surface area contributed by atoms with Crippen molar-refractivity contribution < 1.29 is 14.1 Å². The number of ether oxygens (including phenoxy) is 1. The van der Waals surface area contributed by atoms with E-state index in [1.807, 2.05) is 49.1 Å². The van der Waals surface area contributed by atoms with Gasteiger partial charge in [-0.1, -0.05) is 42.4 Å². The molecule has 23 heavy (non-hydrogen) atoms. The van der Waals surface area contributed by atoms with Crippen molar-refractivity contribution in [1.29, 1.82) is 0 Å². The predicted molar refractivity (Wildman–Crippen MR) is 86.3 cm³/mol. The Kier molecular flexibility index (Phi) is 4.48. The quantitative estimate of drug-likeness (QED) is 0.873. The Morgan fingerprint density at radius 1 is 1.30 bits per heavy atom. The van der Waals surface area contributed by atoms with Crippen LogP contribution >= 0.6 is 0 Å². The maximum Gasteiger partial charge on any atom is 0.259 e. The van der Waals surface area contributed by atoms with E-state index in [0.717, 1.165) is 11.3 Å². The number of carbonyl (C=O) groups is 1. The summed E-state index contributed by atoms with van der Waals surface area (Å²) in [7, 11) is 0. The molecule has 1 aromatic carbocycles. The maximum atomic E-state index is 13.0. The van der Waals surface area contributed by atoms with Crippen LogP contribution in [0.4, 0.5) is 0 Å². The molecule has 0 unspecified atom stereocenters. The lowest BCUT2D eigenvalue weighted by molar-refractivity contribution is -0.0692. The van der Waals surface area contributed by atoms with Gasteiger partial charge < -0.3 is 14.2 Å². The molecule has 0 N–H and O–H groups in total. The van der Waals surface area contributed by atoms with E-state index in [2.05, 4.69) is 5.16 Å². The highest BCUT2D eigenvalue weighted by Gasteiger charge is 2.32. The lowest BCUT2D eigenvalue weighted by Gasteiger charge is -2.37. The number of rotatable bonds is 3. The summed E-state index contributed by atoms with van der Waals surface area (Å²) in [6.45, 7) is 6.88. The lowest BCUT2D eigenvalue weighted by Crippen LogP contribution is -2.46. The molecule has 0 radical (unpaired) electrons. The highest BCUT2D eigenvalue weighted by Crippen LogP contribution is 2.27. The van der Waals surface area contributed by atoms with Gasteiger partial charge in [0.25, 0.3) is 5.91 Å². The third-order valence-electron chi connectivity index (χ3n) is 4.20. The summed E-state index contributed by atoms with van der Waals surface area (Å²) in [5, 5.41) is 3.99. The van der Waals surface area contributed by atoms with E-state index in [0.29, 0.717) is 30.8 Å². The van der Waals surface area contributed by atoms with Crippen LogP contribution in [0.1, 0.15) is 47.3 Å². The molecule has 1 amide bonds. The first-order valence-corrected chi connectivity index (χ1v) is 8.05. The van der Waals surface area contributed by atoms with Gasteiger partial charge in [0.05, 0.1) is 18.3 Å². The van der Waals surface area contributed by atoms with Crippen LogP contribution in [0.15, 0.2) is 34.9 Å². The van der Waals surface area contributed by atoms with Gasteiger partial charge >= 0.3 is 0 Å². The van der Waals surface area contributed by atoms with Crippen LogP contribution in [0.5, 0.6) is 0 Å². The molecular formula is C18H22N2O3. The zero-order chi connectivity index (χ0) is 16.4. The summed E-state index contributed by atoms with van der Waals surface area (Å²) >= 11 is 0. The monoisotopic (exact) mass is 314 g/mol. The van der Waals surface area contributed by atoms with E-state index in [9.17, 15) is 4.79 Å². The van der Waals surface area contributed by atoms with Crippen LogP contribution in [-0.4, -0.2) is 35.2 Å². The van der Waals surface area contributed by atoms with Crippen LogP contribution in [0, 0.1) is 6.92 Å². The number of hydrogen-bond donors (Lipinski definition) is 0. The number of morpholine rings is 1. The van der Waals surface area contributed by atoms with E-state index < -0.39 is 0 Å². The summed E-state index contributed by atoms with van der Waals surface area (Å²) < 4.78 is 11.2. The van der Waals surface area contributed by atoms with E-state index in [1.165, 1.54) is 0 Å². The summed E-state index contributed by atoms with van der Waals surface area (Å²) in [5.74, 6) is 0.568. The second kappa shape index (κ2) is 6.54. The van der Waals surface area contributed by atoms with Crippen LogP contribution in [0.25, 0.3) is 0 Å². The molecule has 122 valence electrons. The van der Waals surface area contributed by atoms with Crippen molar-refractivity contribution in [2.45, 2.75) is 39.4 Å². The van der Waals surface area contributed by atoms with Gasteiger partial charge in [0, 0.05) is 6.54 Å². The number of benzene rings is 1. The molecule has 3 rings (SSSR count). The van der Waals surface area contributed by atoms with Crippen molar-refractivity contribution in [1.82, 2.24) is 10.1 Å². The standard InChI is InChI=1S/C18H22N2O3/c1-4-15-17(13(3)23-19-15)18(21)20-10-12(2)22-16(11-20)14-8-6-5-7-9-14/h5-9,12,16H,4,10-11H2,1-3H3/t12-,16-/m0/s1. The Bertz CT molecular complexity index is 681. The number of hydrogen-bond acceptors (Lipinski definition) is 4. The lowest BCUT2D eigenvalue weighted by atomic mass is 10.0. The molecule has 5 nitrogen and oxygen atoms in total. The smallest absolute Gasteiger partial charge is 0.259 e. The van der Waals surface area contributed by atoms with Gasteiger partial charge in [0.15, 0.2) is 0 Å². The fourth-order valence-electron chi connectivity index (χ4n) is 3.06. The summed E-state index contributed by atoms with van der Waals surface area (Å²) in [6.07, 6.45) is 0.567. The molecule has 2 atom stereocenters. The molecule has 0 aliphatic carbocycles. The van der Waals surface area contributed by atoms with E-state index in [4.69, 9.17) is 9.26 Å². The summed E-state index contributed by atoms with van der Waals surface area (Å²) in [4.78, 5) is 14.8. The Morgan fingerprint density at radius 2 is 2.04 bits per heavy atom. The Morgan fingerprint density at radius 3 is 2.74 bits per heavy atom. The molecule has 0 saturated carbocycles. The van der Waals surface area contributed by atoms with Gasteiger partial charge in [-0.15, -0.1) is 0 Å². The van der Waals surface area contributed by atoms with Crippen LogP contribution in [0.2, 0.25) is 0 Å². The zero-order valence-corrected chi connectivity index (χ0v) is 13.8. The van der Waals surface area contributed by atoms with Gasteiger partial charge in [-0.25, -0.2) is 0 Å². The second-order valence-corrected chi connectivity index (χ2v) is 5.97. The highest BCUT2D eigenvalue weighted by atomic mass is 16.5. The van der Waals surface area contributed by atoms with E-state index >= 15 is 0 Å². The van der Waals surface area contributed by atoms with Gasteiger partial charge in [-0.3, -0.25) is 4.79 Å². The van der Waals surface area contributed by atoms with Crippen LogP contribution in [0.3, 0.4) is 0 Å². The van der Waals surface area contributed by atoms with Gasteiger partial charge in [-0.2, -0.15) is 0 Å². The minimum absolute atomic E-state index is 0.0110. The molecule has 1 aromatic heterocycles. The average Bonchev–Trinajstić information content (AvgIpc) is 2.95. The number of carbonyl (C=O) groups excluding carboxylic acids is 1. The Labute approximate surface area is 136 Å². The largest absolute Gasteiger partial charge is 0.367 e. The average molecular weight is 314 g/mol. The molecule has 2 aromatic rings. The minimum Gasteiger partial charge on any atom is -0.367 e. The normalized spacial score (nSPS) is 21.4. The topological polar surface area (TPSA) is 55.6 Å². The predicted octanol–water partition coefficient (Wildman–Crippen LogP) is 3.15. The molecule has 1 aliphatic rings. The molecule has 0 bridgehead atoms. The van der Waals surface area contributed by atoms with E-state index in [1.54, 1.807) is 6.92 Å². The SMILES string of the molecule is CCc1noc(C)c1C(=O)N1C[C@@H](c2ccccc2)O[C@@H](C)C1. The summed E-state index contributed by atoms with van der Waals surface area (Å²) in [6, 6.07) is 10.0. The third kappa shape index (κ3) is 3.15. The van der Waals surface area contributed by atoms with Crippen molar-refractivity contribution in [3.63, 3.8) is 0 Å².